The normalized spacial score (nSPS) is 11.0. The molecule has 0 spiro atoms. The fourth-order valence-electron chi connectivity index (χ4n) is 1.02. The van der Waals surface area contributed by atoms with Gasteiger partial charge in [0.05, 0.1) is 19.8 Å². The minimum atomic E-state index is 0.379. The lowest BCUT2D eigenvalue weighted by atomic mass is 10.2. The quantitative estimate of drug-likeness (QED) is 0.707. The van der Waals surface area contributed by atoms with Gasteiger partial charge in [0.15, 0.2) is 0 Å². The molecule has 0 fully saturated rings. The molecule has 0 radical (unpaired) electrons. The Morgan fingerprint density at radius 2 is 2.12 bits per heavy atom. The van der Waals surface area contributed by atoms with E-state index in [1.807, 2.05) is 0 Å². The molecule has 0 amide bonds. The highest BCUT2D eigenvalue weighted by Crippen LogP contribution is 2.16. The first-order chi connectivity index (χ1) is 7.74. The van der Waals surface area contributed by atoms with Crippen LogP contribution in [-0.2, 0) is 9.47 Å². The number of ether oxygens (including phenoxy) is 2. The van der Waals surface area contributed by atoms with Crippen LogP contribution in [-0.4, -0.2) is 42.8 Å². The summed E-state index contributed by atoms with van der Waals surface area (Å²) in [6, 6.07) is 0. The van der Waals surface area contributed by atoms with Crippen molar-refractivity contribution in [3.8, 4) is 0 Å². The molecule has 0 atom stereocenters. The molecule has 92 valence electrons. The van der Waals surface area contributed by atoms with Gasteiger partial charge >= 0.3 is 0 Å². The van der Waals surface area contributed by atoms with Crippen molar-refractivity contribution in [3.05, 3.63) is 5.82 Å². The average molecular weight is 245 g/mol. The molecule has 1 aromatic heterocycles. The van der Waals surface area contributed by atoms with Gasteiger partial charge in [-0.1, -0.05) is 13.8 Å². The highest BCUT2D eigenvalue weighted by molar-refractivity contribution is 7.09. The molecule has 0 aliphatic rings. The number of anilines is 1. The van der Waals surface area contributed by atoms with E-state index in [0.29, 0.717) is 25.7 Å². The van der Waals surface area contributed by atoms with Gasteiger partial charge in [0.1, 0.15) is 5.82 Å². The van der Waals surface area contributed by atoms with E-state index in [1.165, 1.54) is 11.5 Å². The van der Waals surface area contributed by atoms with E-state index in [1.54, 1.807) is 7.11 Å². The highest BCUT2D eigenvalue weighted by Gasteiger charge is 2.06. The number of nitrogens with zero attached hydrogens (tertiary/aromatic N) is 2. The molecule has 0 unspecified atom stereocenters. The molecule has 6 heteroatoms. The van der Waals surface area contributed by atoms with Crippen LogP contribution in [0.25, 0.3) is 0 Å². The van der Waals surface area contributed by atoms with Crippen molar-refractivity contribution in [3.63, 3.8) is 0 Å². The predicted octanol–water partition coefficient (Wildman–Crippen LogP) is 1.74. The lowest BCUT2D eigenvalue weighted by Gasteiger charge is -2.03. The highest BCUT2D eigenvalue weighted by atomic mass is 32.1. The van der Waals surface area contributed by atoms with Gasteiger partial charge < -0.3 is 14.8 Å². The number of hydrogen-bond acceptors (Lipinski definition) is 6. The number of methoxy groups -OCH3 is 1. The third kappa shape index (κ3) is 4.87. The number of rotatable bonds is 8. The second-order valence-electron chi connectivity index (χ2n) is 3.64. The van der Waals surface area contributed by atoms with Crippen molar-refractivity contribution in [1.82, 2.24) is 9.36 Å². The summed E-state index contributed by atoms with van der Waals surface area (Å²) >= 11 is 1.39. The van der Waals surface area contributed by atoms with Crippen molar-refractivity contribution in [2.75, 3.05) is 38.8 Å². The van der Waals surface area contributed by atoms with E-state index in [2.05, 4.69) is 28.5 Å². The van der Waals surface area contributed by atoms with Gasteiger partial charge in [0.2, 0.25) is 5.13 Å². The smallest absolute Gasteiger partial charge is 0.202 e. The monoisotopic (exact) mass is 245 g/mol. The topological polar surface area (TPSA) is 56.3 Å². The van der Waals surface area contributed by atoms with Crippen LogP contribution in [0.15, 0.2) is 0 Å². The Balaban J connectivity index is 2.12. The molecular formula is C10H19N3O2S. The standard InChI is InChI=1S/C10H19N3O2S/c1-8(2)9-12-10(16-13-9)11-4-5-15-7-6-14-3/h8H,4-7H2,1-3H3,(H,11,12,13). The fraction of sp³-hybridized carbons (Fsp3) is 0.800. The van der Waals surface area contributed by atoms with Crippen LogP contribution in [0, 0.1) is 0 Å². The summed E-state index contributed by atoms with van der Waals surface area (Å²) < 4.78 is 14.4. The third-order valence-corrected chi connectivity index (χ3v) is 2.60. The van der Waals surface area contributed by atoms with Crippen LogP contribution in [0.1, 0.15) is 25.6 Å². The summed E-state index contributed by atoms with van der Waals surface area (Å²) in [5.74, 6) is 1.28. The molecular weight excluding hydrogens is 226 g/mol. The third-order valence-electron chi connectivity index (χ3n) is 1.91. The average Bonchev–Trinajstić information content (AvgIpc) is 2.72. The van der Waals surface area contributed by atoms with Crippen LogP contribution in [0.4, 0.5) is 5.13 Å². The second kappa shape index (κ2) is 7.54. The zero-order valence-corrected chi connectivity index (χ0v) is 10.8. The van der Waals surface area contributed by atoms with Crippen molar-refractivity contribution in [2.45, 2.75) is 19.8 Å². The first-order valence-electron chi connectivity index (χ1n) is 5.38. The maximum absolute atomic E-state index is 5.32. The van der Waals surface area contributed by atoms with E-state index in [9.17, 15) is 0 Å². The van der Waals surface area contributed by atoms with Crippen molar-refractivity contribution < 1.29 is 9.47 Å². The second-order valence-corrected chi connectivity index (χ2v) is 4.40. The first-order valence-corrected chi connectivity index (χ1v) is 6.15. The van der Waals surface area contributed by atoms with Crippen LogP contribution >= 0.6 is 11.5 Å². The van der Waals surface area contributed by atoms with E-state index >= 15 is 0 Å². The Bertz CT molecular complexity index is 291. The minimum absolute atomic E-state index is 0.379. The number of hydrogen-bond donors (Lipinski definition) is 1. The molecule has 0 bridgehead atoms. The first kappa shape index (κ1) is 13.3. The Morgan fingerprint density at radius 3 is 2.75 bits per heavy atom. The van der Waals surface area contributed by atoms with Crippen LogP contribution in [0.2, 0.25) is 0 Å². The maximum atomic E-state index is 5.32. The van der Waals surface area contributed by atoms with E-state index < -0.39 is 0 Å². The SMILES string of the molecule is COCCOCCNc1nc(C(C)C)ns1. The zero-order chi connectivity index (χ0) is 11.8. The van der Waals surface area contributed by atoms with Gasteiger partial charge in [0, 0.05) is 31.1 Å². The summed E-state index contributed by atoms with van der Waals surface area (Å²) in [5, 5.41) is 4.04. The molecule has 16 heavy (non-hydrogen) atoms. The summed E-state index contributed by atoms with van der Waals surface area (Å²) in [5.41, 5.74) is 0. The summed E-state index contributed by atoms with van der Waals surface area (Å²) in [4.78, 5) is 4.36. The molecule has 0 saturated carbocycles. The lowest BCUT2D eigenvalue weighted by molar-refractivity contribution is 0.0759. The Morgan fingerprint density at radius 1 is 1.31 bits per heavy atom. The zero-order valence-electron chi connectivity index (χ0n) is 10.0. The molecule has 0 saturated heterocycles. The number of aromatic nitrogens is 2. The van der Waals surface area contributed by atoms with Gasteiger partial charge in [0.25, 0.3) is 0 Å². The van der Waals surface area contributed by atoms with Gasteiger partial charge in [-0.25, -0.2) is 4.98 Å². The van der Waals surface area contributed by atoms with Crippen LogP contribution in [0.3, 0.4) is 0 Å². The van der Waals surface area contributed by atoms with E-state index in [0.717, 1.165) is 17.5 Å². The lowest BCUT2D eigenvalue weighted by Crippen LogP contribution is -2.11. The molecule has 1 N–H and O–H groups in total. The molecule has 1 heterocycles. The molecule has 0 aliphatic carbocycles. The Labute approximate surface area is 100 Å². The molecule has 1 aromatic rings. The number of nitrogens with one attached hydrogen (secondary N) is 1. The molecule has 0 aliphatic heterocycles. The molecule has 0 aromatic carbocycles. The molecule has 5 nitrogen and oxygen atoms in total. The largest absolute Gasteiger partial charge is 0.382 e. The summed E-state index contributed by atoms with van der Waals surface area (Å²) in [6.07, 6.45) is 0. The van der Waals surface area contributed by atoms with E-state index in [4.69, 9.17) is 9.47 Å². The molecule has 1 rings (SSSR count). The fourth-order valence-corrected chi connectivity index (χ4v) is 1.75. The van der Waals surface area contributed by atoms with Gasteiger partial charge in [-0.15, -0.1) is 0 Å². The minimum Gasteiger partial charge on any atom is -0.382 e. The Hall–Kier alpha value is -0.720. The summed E-state index contributed by atoms with van der Waals surface area (Å²) in [7, 11) is 1.66. The van der Waals surface area contributed by atoms with Crippen molar-refractivity contribution in [1.29, 1.82) is 0 Å². The van der Waals surface area contributed by atoms with Gasteiger partial charge in [-0.2, -0.15) is 4.37 Å². The Kier molecular flexibility index (Phi) is 6.29. The maximum Gasteiger partial charge on any atom is 0.202 e. The van der Waals surface area contributed by atoms with Crippen LogP contribution < -0.4 is 5.32 Å². The van der Waals surface area contributed by atoms with E-state index in [-0.39, 0.29) is 0 Å². The van der Waals surface area contributed by atoms with Crippen molar-refractivity contribution >= 4 is 16.7 Å². The van der Waals surface area contributed by atoms with Crippen molar-refractivity contribution in [2.24, 2.45) is 0 Å². The van der Waals surface area contributed by atoms with Crippen LogP contribution in [0.5, 0.6) is 0 Å². The van der Waals surface area contributed by atoms with Gasteiger partial charge in [-0.3, -0.25) is 0 Å². The summed E-state index contributed by atoms with van der Waals surface area (Å²) in [6.45, 7) is 6.83. The van der Waals surface area contributed by atoms with Gasteiger partial charge in [-0.05, 0) is 0 Å². The predicted molar refractivity (Wildman–Crippen MR) is 65.2 cm³/mol.